The summed E-state index contributed by atoms with van der Waals surface area (Å²) in [4.78, 5) is 2.46. The molecule has 206 valence electrons. The molecule has 0 saturated heterocycles. The van der Waals surface area contributed by atoms with E-state index in [1.165, 1.54) is 0 Å². The third-order valence-electron chi connectivity index (χ3n) is 5.97. The minimum atomic E-state index is -4.64. The third kappa shape index (κ3) is 9.57. The number of hydrogen-bond acceptors (Lipinski definition) is 5. The molecular weight excluding hydrogens is 548 g/mol. The molecule has 2 rings (SSSR count). The SMILES string of the molecule is COCCN(CCCC(C(=S)Nc1cc(Cl)c(Cl)cc1C(F)(F)F)c1ccc(C)c(OC)c1)CCOC. The molecule has 5 nitrogen and oxygen atoms in total. The van der Waals surface area contributed by atoms with Gasteiger partial charge in [0.05, 0.1) is 46.6 Å². The van der Waals surface area contributed by atoms with Crippen molar-refractivity contribution >= 4 is 46.1 Å². The predicted octanol–water partition coefficient (Wildman–Crippen LogP) is 7.23. The van der Waals surface area contributed by atoms with Gasteiger partial charge in [-0.05, 0) is 55.6 Å². The van der Waals surface area contributed by atoms with Gasteiger partial charge in [0.1, 0.15) is 5.75 Å². The molecule has 0 amide bonds. The molecule has 0 aromatic heterocycles. The summed E-state index contributed by atoms with van der Waals surface area (Å²) in [5.74, 6) is 0.310. The second kappa shape index (κ2) is 15.1. The van der Waals surface area contributed by atoms with Gasteiger partial charge in [-0.2, -0.15) is 13.2 Å². The number of nitrogens with zero attached hydrogens (tertiary/aromatic N) is 1. The molecule has 0 aliphatic rings. The van der Waals surface area contributed by atoms with Crippen molar-refractivity contribution in [2.24, 2.45) is 0 Å². The summed E-state index contributed by atoms with van der Waals surface area (Å²) in [6.45, 7) is 5.31. The van der Waals surface area contributed by atoms with E-state index < -0.39 is 11.7 Å². The zero-order valence-electron chi connectivity index (χ0n) is 21.4. The molecule has 0 aliphatic heterocycles. The maximum Gasteiger partial charge on any atom is 0.418 e. The molecule has 0 radical (unpaired) electrons. The number of anilines is 1. The van der Waals surface area contributed by atoms with Crippen molar-refractivity contribution in [2.45, 2.75) is 31.9 Å². The van der Waals surface area contributed by atoms with Crippen LogP contribution in [0.2, 0.25) is 10.0 Å². The summed E-state index contributed by atoms with van der Waals surface area (Å²) in [6, 6.07) is 7.67. The quantitative estimate of drug-likeness (QED) is 0.238. The number of alkyl halides is 3. The zero-order valence-corrected chi connectivity index (χ0v) is 23.7. The minimum absolute atomic E-state index is 0.000416. The second-order valence-electron chi connectivity index (χ2n) is 8.55. The van der Waals surface area contributed by atoms with Gasteiger partial charge >= 0.3 is 6.18 Å². The molecule has 0 bridgehead atoms. The summed E-state index contributed by atoms with van der Waals surface area (Å²) >= 11 is 17.6. The predicted molar refractivity (Wildman–Crippen MR) is 148 cm³/mol. The van der Waals surface area contributed by atoms with Crippen LogP contribution in [-0.4, -0.2) is 64.1 Å². The Labute approximate surface area is 232 Å². The first-order valence-corrected chi connectivity index (χ1v) is 12.9. The lowest BCUT2D eigenvalue weighted by atomic mass is 9.92. The summed E-state index contributed by atoms with van der Waals surface area (Å²) in [5, 5.41) is 2.63. The molecular formula is C26H33Cl2F3N2O3S. The number of rotatable bonds is 14. The van der Waals surface area contributed by atoms with E-state index in [1.54, 1.807) is 21.3 Å². The van der Waals surface area contributed by atoms with Gasteiger partial charge in [-0.25, -0.2) is 0 Å². The van der Waals surface area contributed by atoms with Crippen LogP contribution in [0.4, 0.5) is 18.9 Å². The first-order valence-electron chi connectivity index (χ1n) is 11.7. The van der Waals surface area contributed by atoms with Crippen LogP contribution in [0.15, 0.2) is 30.3 Å². The highest BCUT2D eigenvalue weighted by Crippen LogP contribution is 2.40. The van der Waals surface area contributed by atoms with E-state index in [0.29, 0.717) is 25.4 Å². The average Bonchev–Trinajstić information content (AvgIpc) is 2.84. The first kappa shape index (κ1) is 31.6. The highest BCUT2D eigenvalue weighted by molar-refractivity contribution is 7.80. The highest BCUT2D eigenvalue weighted by atomic mass is 35.5. The number of nitrogens with one attached hydrogen (secondary N) is 1. The molecule has 37 heavy (non-hydrogen) atoms. The fraction of sp³-hybridized carbons (Fsp3) is 0.500. The van der Waals surface area contributed by atoms with Gasteiger partial charge in [0.25, 0.3) is 0 Å². The summed E-state index contributed by atoms with van der Waals surface area (Å²) in [5.41, 5.74) is 0.611. The number of aryl methyl sites for hydroxylation is 1. The van der Waals surface area contributed by atoms with E-state index in [0.717, 1.165) is 49.3 Å². The van der Waals surface area contributed by atoms with Crippen LogP contribution in [0.3, 0.4) is 0 Å². The van der Waals surface area contributed by atoms with Crippen molar-refractivity contribution in [3.8, 4) is 5.75 Å². The van der Waals surface area contributed by atoms with E-state index in [4.69, 9.17) is 49.6 Å². The maximum absolute atomic E-state index is 13.7. The third-order valence-corrected chi connectivity index (χ3v) is 7.07. The molecule has 1 atom stereocenters. The van der Waals surface area contributed by atoms with Gasteiger partial charge in [-0.15, -0.1) is 0 Å². The summed E-state index contributed by atoms with van der Waals surface area (Å²) < 4.78 is 57.1. The second-order valence-corrected chi connectivity index (χ2v) is 9.80. The van der Waals surface area contributed by atoms with Gasteiger partial charge in [0, 0.05) is 33.2 Å². The fourth-order valence-electron chi connectivity index (χ4n) is 3.90. The summed E-state index contributed by atoms with van der Waals surface area (Å²) in [7, 11) is 4.88. The van der Waals surface area contributed by atoms with Crippen molar-refractivity contribution in [2.75, 3.05) is 59.5 Å². The maximum atomic E-state index is 13.7. The molecule has 1 unspecified atom stereocenters. The highest BCUT2D eigenvalue weighted by Gasteiger charge is 2.35. The van der Waals surface area contributed by atoms with Crippen molar-refractivity contribution in [3.05, 3.63) is 57.1 Å². The van der Waals surface area contributed by atoms with Crippen molar-refractivity contribution in [1.82, 2.24) is 4.90 Å². The van der Waals surface area contributed by atoms with Gasteiger partial charge in [0.2, 0.25) is 0 Å². The van der Waals surface area contributed by atoms with Gasteiger partial charge in [-0.1, -0.05) is 47.6 Å². The van der Waals surface area contributed by atoms with Crippen LogP contribution in [0.1, 0.15) is 35.4 Å². The Balaban J connectivity index is 2.33. The lowest BCUT2D eigenvalue weighted by molar-refractivity contribution is -0.136. The number of halogens is 5. The van der Waals surface area contributed by atoms with E-state index in [2.05, 4.69) is 10.2 Å². The molecule has 0 fully saturated rings. The Bertz CT molecular complexity index is 1030. The Morgan fingerprint density at radius 1 is 1.00 bits per heavy atom. The van der Waals surface area contributed by atoms with Gasteiger partial charge < -0.3 is 19.5 Å². The molecule has 1 N–H and O–H groups in total. The average molecular weight is 582 g/mol. The van der Waals surface area contributed by atoms with Crippen LogP contribution < -0.4 is 10.1 Å². The summed E-state index contributed by atoms with van der Waals surface area (Å²) in [6.07, 6.45) is -3.31. The van der Waals surface area contributed by atoms with Crippen LogP contribution >= 0.6 is 35.4 Å². The van der Waals surface area contributed by atoms with Gasteiger partial charge in [0.15, 0.2) is 0 Å². The molecule has 2 aromatic carbocycles. The number of hydrogen-bond donors (Lipinski definition) is 1. The van der Waals surface area contributed by atoms with E-state index in [-0.39, 0.29) is 26.6 Å². The largest absolute Gasteiger partial charge is 0.496 e. The Morgan fingerprint density at radius 2 is 1.62 bits per heavy atom. The molecule has 2 aromatic rings. The van der Waals surface area contributed by atoms with E-state index >= 15 is 0 Å². The van der Waals surface area contributed by atoms with Crippen LogP contribution in [-0.2, 0) is 15.7 Å². The fourth-order valence-corrected chi connectivity index (χ4v) is 4.59. The molecule has 0 spiro atoms. The zero-order chi connectivity index (χ0) is 27.6. The standard InChI is InChI=1S/C26H33Cl2F3N2O3S/c1-17-7-8-18(14-24(17)36-4)19(6-5-9-33(10-12-34-2)11-13-35-3)25(37)32-23-16-22(28)21(27)15-20(23)26(29,30)31/h7-8,14-16,19H,5-6,9-13H2,1-4H3,(H,32,37). The Hall–Kier alpha value is -1.62. The smallest absolute Gasteiger partial charge is 0.418 e. The lowest BCUT2D eigenvalue weighted by Gasteiger charge is -2.25. The Kier molecular flexibility index (Phi) is 12.9. The van der Waals surface area contributed by atoms with E-state index in [9.17, 15) is 13.2 Å². The van der Waals surface area contributed by atoms with Crippen LogP contribution in [0.5, 0.6) is 5.75 Å². The van der Waals surface area contributed by atoms with Crippen molar-refractivity contribution < 1.29 is 27.4 Å². The molecule has 0 aliphatic carbocycles. The normalized spacial score (nSPS) is 12.6. The van der Waals surface area contributed by atoms with Crippen molar-refractivity contribution in [1.29, 1.82) is 0 Å². The van der Waals surface area contributed by atoms with E-state index in [1.807, 2.05) is 25.1 Å². The first-order chi connectivity index (χ1) is 17.5. The number of thiocarbonyl (C=S) groups is 1. The lowest BCUT2D eigenvalue weighted by Crippen LogP contribution is -2.32. The number of methoxy groups -OCH3 is 3. The van der Waals surface area contributed by atoms with Gasteiger partial charge in [-0.3, -0.25) is 4.90 Å². The number of benzene rings is 2. The Morgan fingerprint density at radius 3 is 2.19 bits per heavy atom. The monoisotopic (exact) mass is 580 g/mol. The molecule has 0 heterocycles. The van der Waals surface area contributed by atoms with Crippen LogP contribution in [0.25, 0.3) is 0 Å². The minimum Gasteiger partial charge on any atom is -0.496 e. The number of ether oxygens (including phenoxy) is 3. The molecule has 0 saturated carbocycles. The topological polar surface area (TPSA) is 43.0 Å². The van der Waals surface area contributed by atoms with Crippen LogP contribution in [0, 0.1) is 6.92 Å². The molecule has 11 heteroatoms. The van der Waals surface area contributed by atoms with Crippen molar-refractivity contribution in [3.63, 3.8) is 0 Å².